The summed E-state index contributed by atoms with van der Waals surface area (Å²) in [6.07, 6.45) is 0.647. The Morgan fingerprint density at radius 1 is 1.10 bits per heavy atom. The summed E-state index contributed by atoms with van der Waals surface area (Å²) >= 11 is 1.19. The van der Waals surface area contributed by atoms with E-state index >= 15 is 0 Å². The van der Waals surface area contributed by atoms with Crippen molar-refractivity contribution in [1.29, 1.82) is 0 Å². The highest BCUT2D eigenvalue weighted by Crippen LogP contribution is 2.31. The molecule has 3 aromatic rings. The number of morpholine rings is 1. The molecule has 0 bridgehead atoms. The summed E-state index contributed by atoms with van der Waals surface area (Å²) < 4.78 is 47.1. The quantitative estimate of drug-likeness (QED) is 0.585. The Bertz CT molecular complexity index is 1050. The Balaban J connectivity index is 1.59. The standard InChI is InChI=1S/C21H20F3N3O2S/c22-15-6-5-14(13-17(15)24)20(28)27(8-2-7-26-9-11-29-12-10-26)21-25-19-16(23)3-1-4-18(19)30-21/h1,3-6,13H,2,7-12H2. The smallest absolute Gasteiger partial charge is 0.260 e. The second-order valence-corrected chi connectivity index (χ2v) is 7.99. The third-order valence-corrected chi connectivity index (χ3v) is 6.00. The van der Waals surface area contributed by atoms with Gasteiger partial charge < -0.3 is 4.74 Å². The molecule has 1 saturated heterocycles. The Morgan fingerprint density at radius 3 is 2.63 bits per heavy atom. The number of rotatable bonds is 6. The van der Waals surface area contributed by atoms with Crippen molar-refractivity contribution in [3.05, 3.63) is 59.4 Å². The number of hydrogen-bond donors (Lipinski definition) is 0. The first-order valence-corrected chi connectivity index (χ1v) is 10.5. The van der Waals surface area contributed by atoms with Gasteiger partial charge in [-0.15, -0.1) is 0 Å². The fourth-order valence-corrected chi connectivity index (χ4v) is 4.37. The molecule has 1 aliphatic rings. The van der Waals surface area contributed by atoms with E-state index in [-0.39, 0.29) is 11.1 Å². The Hall–Kier alpha value is -2.49. The molecule has 0 saturated carbocycles. The van der Waals surface area contributed by atoms with E-state index in [0.717, 1.165) is 31.8 Å². The molecule has 1 aliphatic heterocycles. The van der Waals surface area contributed by atoms with Gasteiger partial charge >= 0.3 is 0 Å². The average molecular weight is 435 g/mol. The average Bonchev–Trinajstić information content (AvgIpc) is 3.19. The number of para-hydroxylation sites is 1. The number of halogens is 3. The molecule has 0 unspecified atom stereocenters. The maximum atomic E-state index is 14.1. The van der Waals surface area contributed by atoms with Crippen LogP contribution in [0.5, 0.6) is 0 Å². The van der Waals surface area contributed by atoms with Gasteiger partial charge in [-0.2, -0.15) is 0 Å². The van der Waals surface area contributed by atoms with Gasteiger partial charge in [0.05, 0.1) is 17.9 Å². The molecule has 0 spiro atoms. The summed E-state index contributed by atoms with van der Waals surface area (Å²) in [6, 6.07) is 7.66. The first-order valence-electron chi connectivity index (χ1n) is 9.65. The highest BCUT2D eigenvalue weighted by molar-refractivity contribution is 7.22. The van der Waals surface area contributed by atoms with E-state index in [4.69, 9.17) is 4.74 Å². The normalized spacial score (nSPS) is 14.9. The van der Waals surface area contributed by atoms with Crippen molar-refractivity contribution in [3.63, 3.8) is 0 Å². The molecule has 2 heterocycles. The van der Waals surface area contributed by atoms with Crippen LogP contribution < -0.4 is 4.90 Å². The third-order valence-electron chi connectivity index (χ3n) is 4.96. The van der Waals surface area contributed by atoms with Crippen molar-refractivity contribution in [1.82, 2.24) is 9.88 Å². The van der Waals surface area contributed by atoms with Crippen molar-refractivity contribution >= 4 is 32.6 Å². The lowest BCUT2D eigenvalue weighted by Gasteiger charge is -2.27. The van der Waals surface area contributed by atoms with Crippen molar-refractivity contribution in [2.24, 2.45) is 0 Å². The van der Waals surface area contributed by atoms with Crippen LogP contribution in [0.2, 0.25) is 0 Å². The summed E-state index contributed by atoms with van der Waals surface area (Å²) in [5, 5.41) is 0.326. The van der Waals surface area contributed by atoms with Gasteiger partial charge in [-0.25, -0.2) is 18.2 Å². The summed E-state index contributed by atoms with van der Waals surface area (Å²) in [7, 11) is 0. The molecule has 9 heteroatoms. The minimum absolute atomic E-state index is 0.0139. The maximum absolute atomic E-state index is 14.1. The van der Waals surface area contributed by atoms with Crippen molar-refractivity contribution in [2.45, 2.75) is 6.42 Å². The summed E-state index contributed by atoms with van der Waals surface area (Å²) in [4.78, 5) is 21.1. The van der Waals surface area contributed by atoms with Crippen LogP contribution in [0, 0.1) is 17.5 Å². The number of aromatic nitrogens is 1. The first kappa shape index (κ1) is 20.8. The highest BCUT2D eigenvalue weighted by Gasteiger charge is 2.23. The molecule has 30 heavy (non-hydrogen) atoms. The molecule has 158 valence electrons. The van der Waals surface area contributed by atoms with Gasteiger partial charge in [0.2, 0.25) is 0 Å². The monoisotopic (exact) mass is 435 g/mol. The lowest BCUT2D eigenvalue weighted by atomic mass is 10.2. The molecule has 4 rings (SSSR count). The van der Waals surface area contributed by atoms with Crippen molar-refractivity contribution < 1.29 is 22.7 Å². The molecule has 1 fully saturated rings. The van der Waals surface area contributed by atoms with Crippen LogP contribution in [0.15, 0.2) is 36.4 Å². The fraction of sp³-hybridized carbons (Fsp3) is 0.333. The summed E-state index contributed by atoms with van der Waals surface area (Å²) in [6.45, 7) is 4.07. The first-order chi connectivity index (χ1) is 14.5. The number of amides is 1. The number of carbonyl (C=O) groups excluding carboxylic acids is 1. The molecule has 5 nitrogen and oxygen atoms in total. The van der Waals surface area contributed by atoms with Gasteiger partial charge in [-0.1, -0.05) is 17.4 Å². The topological polar surface area (TPSA) is 45.7 Å². The minimum atomic E-state index is -1.09. The number of ether oxygens (including phenoxy) is 1. The molecular formula is C21H20F3N3O2S. The predicted molar refractivity (Wildman–Crippen MR) is 109 cm³/mol. The third kappa shape index (κ3) is 4.48. The van der Waals surface area contributed by atoms with Crippen LogP contribution in [0.4, 0.5) is 18.3 Å². The number of fused-ring (bicyclic) bond motifs is 1. The summed E-state index contributed by atoms with van der Waals surface area (Å²) in [5.74, 6) is -3.09. The van der Waals surface area contributed by atoms with Crippen LogP contribution in [0.3, 0.4) is 0 Å². The molecular weight excluding hydrogens is 415 g/mol. The summed E-state index contributed by atoms with van der Waals surface area (Å²) in [5.41, 5.74) is 0.203. The Morgan fingerprint density at radius 2 is 1.90 bits per heavy atom. The van der Waals surface area contributed by atoms with E-state index in [1.165, 1.54) is 28.4 Å². The zero-order chi connectivity index (χ0) is 21.1. The number of thiazole rings is 1. The number of anilines is 1. The van der Waals surface area contributed by atoms with E-state index < -0.39 is 23.4 Å². The molecule has 1 aromatic heterocycles. The van der Waals surface area contributed by atoms with Crippen LogP contribution >= 0.6 is 11.3 Å². The number of carbonyl (C=O) groups is 1. The van der Waals surface area contributed by atoms with E-state index in [1.807, 2.05) is 0 Å². The Labute approximate surface area is 175 Å². The number of hydrogen-bond acceptors (Lipinski definition) is 5. The van der Waals surface area contributed by atoms with Gasteiger partial charge in [-0.3, -0.25) is 14.6 Å². The number of benzene rings is 2. The molecule has 0 aliphatic carbocycles. The van der Waals surface area contributed by atoms with Crippen LogP contribution in [0.1, 0.15) is 16.8 Å². The largest absolute Gasteiger partial charge is 0.379 e. The zero-order valence-corrected chi connectivity index (χ0v) is 16.9. The SMILES string of the molecule is O=C(c1ccc(F)c(F)c1)N(CCCN1CCOCC1)c1nc2c(F)cccc2s1. The number of nitrogens with zero attached hydrogens (tertiary/aromatic N) is 3. The van der Waals surface area contributed by atoms with E-state index in [2.05, 4.69) is 9.88 Å². The van der Waals surface area contributed by atoms with Crippen LogP contribution in [-0.2, 0) is 4.74 Å². The van der Waals surface area contributed by atoms with Gasteiger partial charge in [0, 0.05) is 31.7 Å². The van der Waals surface area contributed by atoms with Crippen molar-refractivity contribution in [2.75, 3.05) is 44.3 Å². The van der Waals surface area contributed by atoms with E-state index in [0.29, 0.717) is 36.0 Å². The minimum Gasteiger partial charge on any atom is -0.379 e. The Kier molecular flexibility index (Phi) is 6.31. The molecule has 1 amide bonds. The highest BCUT2D eigenvalue weighted by atomic mass is 32.1. The van der Waals surface area contributed by atoms with Gasteiger partial charge in [0.1, 0.15) is 11.3 Å². The second-order valence-electron chi connectivity index (χ2n) is 6.98. The van der Waals surface area contributed by atoms with Gasteiger partial charge in [0.15, 0.2) is 16.8 Å². The predicted octanol–water partition coefficient (Wildman–Crippen LogP) is 4.08. The van der Waals surface area contributed by atoms with Gasteiger partial charge in [-0.05, 0) is 36.8 Å². The molecule has 0 radical (unpaired) electrons. The van der Waals surface area contributed by atoms with Gasteiger partial charge in [0.25, 0.3) is 5.91 Å². The van der Waals surface area contributed by atoms with E-state index in [1.54, 1.807) is 12.1 Å². The lowest BCUT2D eigenvalue weighted by molar-refractivity contribution is 0.0376. The van der Waals surface area contributed by atoms with E-state index in [9.17, 15) is 18.0 Å². The lowest BCUT2D eigenvalue weighted by Crippen LogP contribution is -2.39. The molecule has 0 N–H and O–H groups in total. The molecule has 0 atom stereocenters. The second kappa shape index (κ2) is 9.11. The van der Waals surface area contributed by atoms with Crippen LogP contribution in [0.25, 0.3) is 10.2 Å². The fourth-order valence-electron chi connectivity index (χ4n) is 3.36. The maximum Gasteiger partial charge on any atom is 0.260 e. The van der Waals surface area contributed by atoms with Crippen molar-refractivity contribution in [3.8, 4) is 0 Å². The van der Waals surface area contributed by atoms with Crippen LogP contribution in [-0.4, -0.2) is 55.2 Å². The zero-order valence-electron chi connectivity index (χ0n) is 16.1. The molecule has 2 aromatic carbocycles.